The summed E-state index contributed by atoms with van der Waals surface area (Å²) in [5.41, 5.74) is 2.93. The Labute approximate surface area is 124 Å². The lowest BCUT2D eigenvalue weighted by Crippen LogP contribution is -2.28. The second-order valence-corrected chi connectivity index (χ2v) is 6.86. The lowest BCUT2D eigenvalue weighted by atomic mass is 9.99. The Hall–Kier alpha value is -1.25. The lowest BCUT2D eigenvalue weighted by molar-refractivity contribution is 0.432. The molecule has 1 aliphatic heterocycles. The Kier molecular flexibility index (Phi) is 3.29. The highest BCUT2D eigenvalue weighted by molar-refractivity contribution is 7.99. The van der Waals surface area contributed by atoms with E-state index < -0.39 is 0 Å². The molecule has 0 aromatic heterocycles. The molecule has 2 unspecified atom stereocenters. The van der Waals surface area contributed by atoms with Crippen LogP contribution in [0, 0.1) is 5.92 Å². The van der Waals surface area contributed by atoms with Gasteiger partial charge in [-0.2, -0.15) is 0 Å². The van der Waals surface area contributed by atoms with Crippen molar-refractivity contribution in [2.75, 3.05) is 5.75 Å². The summed E-state index contributed by atoms with van der Waals surface area (Å²) in [7, 11) is 0. The van der Waals surface area contributed by atoms with Crippen molar-refractivity contribution in [3.8, 4) is 0 Å². The van der Waals surface area contributed by atoms with Crippen LogP contribution in [0.25, 0.3) is 0 Å². The van der Waals surface area contributed by atoms with Gasteiger partial charge in [0.15, 0.2) is 0 Å². The number of hydrogen-bond acceptors (Lipinski definition) is 2. The van der Waals surface area contributed by atoms with Gasteiger partial charge in [0.1, 0.15) is 0 Å². The van der Waals surface area contributed by atoms with Gasteiger partial charge in [0, 0.05) is 22.7 Å². The molecule has 2 aromatic rings. The van der Waals surface area contributed by atoms with Crippen molar-refractivity contribution in [1.82, 2.24) is 5.32 Å². The van der Waals surface area contributed by atoms with E-state index in [1.165, 1.54) is 28.9 Å². The molecule has 1 heterocycles. The van der Waals surface area contributed by atoms with Crippen LogP contribution in [0.15, 0.2) is 59.5 Å². The molecule has 1 nitrogen and oxygen atoms in total. The molecule has 1 N–H and O–H groups in total. The van der Waals surface area contributed by atoms with Crippen molar-refractivity contribution < 1.29 is 0 Å². The second kappa shape index (κ2) is 5.27. The van der Waals surface area contributed by atoms with E-state index >= 15 is 0 Å². The van der Waals surface area contributed by atoms with Gasteiger partial charge in [-0.1, -0.05) is 48.5 Å². The molecule has 2 atom stereocenters. The van der Waals surface area contributed by atoms with Gasteiger partial charge in [-0.05, 0) is 36.0 Å². The normalized spacial score (nSPS) is 22.5. The van der Waals surface area contributed by atoms with Crippen molar-refractivity contribution in [3.05, 3.63) is 65.7 Å². The predicted molar refractivity (Wildman–Crippen MR) is 84.9 cm³/mol. The highest BCUT2D eigenvalue weighted by Gasteiger charge is 2.35. The lowest BCUT2D eigenvalue weighted by Gasteiger charge is -2.23. The van der Waals surface area contributed by atoms with E-state index in [1.54, 1.807) is 0 Å². The fourth-order valence-electron chi connectivity index (χ4n) is 3.11. The molecule has 1 saturated carbocycles. The summed E-state index contributed by atoms with van der Waals surface area (Å²) in [6.45, 7) is 0. The van der Waals surface area contributed by atoms with Gasteiger partial charge < -0.3 is 5.32 Å². The number of rotatable bonds is 4. The number of thioether (sulfide) groups is 1. The number of benzene rings is 2. The maximum absolute atomic E-state index is 3.93. The van der Waals surface area contributed by atoms with Crippen LogP contribution in [-0.4, -0.2) is 5.75 Å². The molecule has 2 aromatic carbocycles. The molecule has 0 amide bonds. The zero-order valence-corrected chi connectivity index (χ0v) is 12.3. The molecule has 1 fully saturated rings. The standard InChI is InChI=1S/C18H19NS/c1-2-6-13(7-3-1)18(14-10-11-14)19-16-12-20-17-9-5-4-8-15(16)17/h1-9,14,16,18-19H,10-12H2. The molecular formula is C18H19NS. The molecule has 0 bridgehead atoms. The third-order valence-electron chi connectivity index (χ3n) is 4.33. The van der Waals surface area contributed by atoms with E-state index in [9.17, 15) is 0 Å². The Bertz CT molecular complexity index is 591. The molecule has 20 heavy (non-hydrogen) atoms. The Morgan fingerprint density at radius 3 is 2.50 bits per heavy atom. The first-order valence-corrected chi connectivity index (χ1v) is 8.43. The van der Waals surface area contributed by atoms with Crippen molar-refractivity contribution >= 4 is 11.8 Å². The van der Waals surface area contributed by atoms with E-state index in [1.807, 2.05) is 11.8 Å². The molecule has 0 radical (unpaired) electrons. The number of nitrogens with one attached hydrogen (secondary N) is 1. The summed E-state index contributed by atoms with van der Waals surface area (Å²) < 4.78 is 0. The van der Waals surface area contributed by atoms with E-state index in [0.717, 1.165) is 11.7 Å². The quantitative estimate of drug-likeness (QED) is 0.880. The maximum atomic E-state index is 3.93. The van der Waals surface area contributed by atoms with Crippen LogP contribution in [0.4, 0.5) is 0 Å². The topological polar surface area (TPSA) is 12.0 Å². The number of fused-ring (bicyclic) bond motifs is 1. The highest BCUT2D eigenvalue weighted by Crippen LogP contribution is 2.45. The van der Waals surface area contributed by atoms with Crippen LogP contribution in [0.1, 0.15) is 36.1 Å². The zero-order valence-electron chi connectivity index (χ0n) is 11.5. The molecule has 2 aliphatic rings. The minimum atomic E-state index is 0.502. The fraction of sp³-hybridized carbons (Fsp3) is 0.333. The Morgan fingerprint density at radius 1 is 0.950 bits per heavy atom. The van der Waals surface area contributed by atoms with E-state index in [2.05, 4.69) is 59.9 Å². The van der Waals surface area contributed by atoms with Crippen LogP contribution >= 0.6 is 11.8 Å². The highest BCUT2D eigenvalue weighted by atomic mass is 32.2. The summed E-state index contributed by atoms with van der Waals surface area (Å²) in [5.74, 6) is 1.99. The van der Waals surface area contributed by atoms with Crippen LogP contribution < -0.4 is 5.32 Å². The van der Waals surface area contributed by atoms with Crippen molar-refractivity contribution in [3.63, 3.8) is 0 Å². The van der Waals surface area contributed by atoms with Gasteiger partial charge in [0.25, 0.3) is 0 Å². The first kappa shape index (κ1) is 12.5. The maximum Gasteiger partial charge on any atom is 0.0431 e. The summed E-state index contributed by atoms with van der Waals surface area (Å²) in [6.07, 6.45) is 2.74. The van der Waals surface area contributed by atoms with Crippen LogP contribution in [0.3, 0.4) is 0 Å². The largest absolute Gasteiger partial charge is 0.302 e. The smallest absolute Gasteiger partial charge is 0.0431 e. The van der Waals surface area contributed by atoms with Gasteiger partial charge in [-0.15, -0.1) is 11.8 Å². The van der Waals surface area contributed by atoms with Crippen molar-refractivity contribution in [1.29, 1.82) is 0 Å². The van der Waals surface area contributed by atoms with Gasteiger partial charge in [-0.3, -0.25) is 0 Å². The third kappa shape index (κ3) is 2.38. The van der Waals surface area contributed by atoms with Crippen molar-refractivity contribution in [2.45, 2.75) is 29.8 Å². The first-order valence-electron chi connectivity index (χ1n) is 7.44. The zero-order chi connectivity index (χ0) is 13.4. The molecule has 0 saturated heterocycles. The van der Waals surface area contributed by atoms with Crippen LogP contribution in [0.2, 0.25) is 0 Å². The molecular weight excluding hydrogens is 262 g/mol. The third-order valence-corrected chi connectivity index (χ3v) is 5.52. The predicted octanol–water partition coefficient (Wildman–Crippen LogP) is 4.57. The van der Waals surface area contributed by atoms with Gasteiger partial charge in [-0.25, -0.2) is 0 Å². The Balaban J connectivity index is 1.58. The van der Waals surface area contributed by atoms with E-state index in [0.29, 0.717) is 12.1 Å². The Morgan fingerprint density at radius 2 is 1.70 bits per heavy atom. The molecule has 2 heteroatoms. The first-order chi connectivity index (χ1) is 9.92. The number of hydrogen-bond donors (Lipinski definition) is 1. The SMILES string of the molecule is c1ccc(C(NC2CSc3ccccc32)C2CC2)cc1. The minimum Gasteiger partial charge on any atom is -0.302 e. The molecule has 4 rings (SSSR count). The molecule has 0 spiro atoms. The summed E-state index contributed by atoms with van der Waals surface area (Å²) >= 11 is 1.98. The molecule has 102 valence electrons. The summed E-state index contributed by atoms with van der Waals surface area (Å²) in [6, 6.07) is 20.8. The monoisotopic (exact) mass is 281 g/mol. The average molecular weight is 281 g/mol. The second-order valence-electron chi connectivity index (χ2n) is 5.79. The van der Waals surface area contributed by atoms with Crippen LogP contribution in [0.5, 0.6) is 0 Å². The van der Waals surface area contributed by atoms with E-state index in [-0.39, 0.29) is 0 Å². The van der Waals surface area contributed by atoms with Crippen molar-refractivity contribution in [2.24, 2.45) is 5.92 Å². The molecule has 1 aliphatic carbocycles. The van der Waals surface area contributed by atoms with Crippen LogP contribution in [-0.2, 0) is 0 Å². The summed E-state index contributed by atoms with van der Waals surface area (Å²) in [4.78, 5) is 1.45. The van der Waals surface area contributed by atoms with Gasteiger partial charge in [0.05, 0.1) is 0 Å². The minimum absolute atomic E-state index is 0.502. The average Bonchev–Trinajstić information content (AvgIpc) is 3.27. The van der Waals surface area contributed by atoms with Gasteiger partial charge in [0.2, 0.25) is 0 Å². The van der Waals surface area contributed by atoms with Gasteiger partial charge >= 0.3 is 0 Å². The fourth-order valence-corrected chi connectivity index (χ4v) is 4.29. The summed E-state index contributed by atoms with van der Waals surface area (Å²) in [5, 5.41) is 3.93. The van der Waals surface area contributed by atoms with E-state index in [4.69, 9.17) is 0 Å².